The van der Waals surface area contributed by atoms with Crippen LogP contribution in [0.5, 0.6) is 0 Å². The van der Waals surface area contributed by atoms with Crippen LogP contribution in [0.25, 0.3) is 0 Å². The first-order valence-corrected chi connectivity index (χ1v) is 6.19. The van der Waals surface area contributed by atoms with Crippen molar-refractivity contribution in [2.24, 2.45) is 0 Å². The van der Waals surface area contributed by atoms with E-state index >= 15 is 0 Å². The van der Waals surface area contributed by atoms with Gasteiger partial charge in [-0.2, -0.15) is 5.26 Å². The summed E-state index contributed by atoms with van der Waals surface area (Å²) in [7, 11) is 0. The highest BCUT2D eigenvalue weighted by Gasteiger charge is 2.09. The van der Waals surface area contributed by atoms with Crippen molar-refractivity contribution in [3.8, 4) is 6.07 Å². The van der Waals surface area contributed by atoms with E-state index < -0.39 is 0 Å². The first kappa shape index (κ1) is 14.8. The van der Waals surface area contributed by atoms with Gasteiger partial charge in [0.2, 0.25) is 0 Å². The third kappa shape index (κ3) is 4.47. The van der Waals surface area contributed by atoms with Gasteiger partial charge in [0.15, 0.2) is 0 Å². The molecule has 2 N–H and O–H groups in total. The van der Waals surface area contributed by atoms with Gasteiger partial charge in [0, 0.05) is 17.9 Å². The summed E-state index contributed by atoms with van der Waals surface area (Å²) in [6, 6.07) is 7.77. The summed E-state index contributed by atoms with van der Waals surface area (Å²) in [5, 5.41) is 14.6. The highest BCUT2D eigenvalue weighted by atomic mass is 16.1. The maximum atomic E-state index is 11.7. The Balaban J connectivity index is 2.80. The molecule has 0 bridgehead atoms. The van der Waals surface area contributed by atoms with Crippen molar-refractivity contribution < 1.29 is 4.79 Å². The van der Waals surface area contributed by atoms with Crippen molar-refractivity contribution in [3.05, 3.63) is 41.1 Å². The molecule has 1 aromatic rings. The number of amides is 1. The minimum atomic E-state index is -0.367. The van der Waals surface area contributed by atoms with Crippen LogP contribution in [0.3, 0.4) is 0 Å². The maximum Gasteiger partial charge on any atom is 0.263 e. The number of nitriles is 1. The second-order valence-electron chi connectivity index (χ2n) is 4.74. The Hall–Kier alpha value is -2.28. The van der Waals surface area contributed by atoms with Crippen molar-refractivity contribution in [2.75, 3.05) is 5.32 Å². The molecule has 0 heterocycles. The molecule has 100 valence electrons. The number of hydrogen-bond donors (Lipinski definition) is 2. The van der Waals surface area contributed by atoms with Gasteiger partial charge in [-0.15, -0.1) is 0 Å². The molecule has 0 atom stereocenters. The lowest BCUT2D eigenvalue weighted by Crippen LogP contribution is -2.31. The van der Waals surface area contributed by atoms with E-state index in [-0.39, 0.29) is 17.5 Å². The molecule has 1 aromatic carbocycles. The van der Waals surface area contributed by atoms with Crippen LogP contribution < -0.4 is 10.6 Å². The number of nitrogens with zero attached hydrogens (tertiary/aromatic N) is 1. The summed E-state index contributed by atoms with van der Waals surface area (Å²) in [6.45, 7) is 7.75. The average Bonchev–Trinajstić information content (AvgIpc) is 2.33. The highest BCUT2D eigenvalue weighted by molar-refractivity contribution is 5.97. The van der Waals surface area contributed by atoms with E-state index in [2.05, 4.69) is 10.6 Å². The molecule has 0 radical (unpaired) electrons. The molecule has 1 amide bonds. The molecule has 0 aliphatic carbocycles. The second kappa shape index (κ2) is 6.60. The molecule has 0 fully saturated rings. The SMILES string of the molecule is Cc1ccc(N/C=C(/C#N)C(=O)NC(C)C)cc1C. The normalized spacial score (nSPS) is 11.1. The predicted molar refractivity (Wildman–Crippen MR) is 76.5 cm³/mol. The Morgan fingerprint density at radius 3 is 2.53 bits per heavy atom. The summed E-state index contributed by atoms with van der Waals surface area (Å²) < 4.78 is 0. The Kier molecular flexibility index (Phi) is 5.13. The van der Waals surface area contributed by atoms with Gasteiger partial charge in [-0.3, -0.25) is 4.79 Å². The van der Waals surface area contributed by atoms with E-state index in [1.165, 1.54) is 11.8 Å². The summed E-state index contributed by atoms with van der Waals surface area (Å²) in [5.41, 5.74) is 3.27. The average molecular weight is 257 g/mol. The molecule has 4 nitrogen and oxygen atoms in total. The Morgan fingerprint density at radius 1 is 1.32 bits per heavy atom. The molecule has 0 saturated carbocycles. The second-order valence-corrected chi connectivity index (χ2v) is 4.74. The van der Waals surface area contributed by atoms with Gasteiger partial charge >= 0.3 is 0 Å². The number of nitrogens with one attached hydrogen (secondary N) is 2. The fraction of sp³-hybridized carbons (Fsp3) is 0.333. The molecule has 0 aromatic heterocycles. The maximum absolute atomic E-state index is 11.7. The smallest absolute Gasteiger partial charge is 0.263 e. The van der Waals surface area contributed by atoms with Gasteiger partial charge in [0.25, 0.3) is 5.91 Å². The minimum Gasteiger partial charge on any atom is -0.360 e. The molecule has 0 spiro atoms. The van der Waals surface area contributed by atoms with Gasteiger partial charge in [-0.1, -0.05) is 6.07 Å². The molecule has 4 heteroatoms. The van der Waals surface area contributed by atoms with Gasteiger partial charge < -0.3 is 10.6 Å². The Bertz CT molecular complexity index is 539. The van der Waals surface area contributed by atoms with Crippen LogP contribution >= 0.6 is 0 Å². The number of aryl methyl sites for hydroxylation is 2. The van der Waals surface area contributed by atoms with Crippen molar-refractivity contribution in [1.82, 2.24) is 5.32 Å². The van der Waals surface area contributed by atoms with Gasteiger partial charge in [-0.05, 0) is 51.0 Å². The topological polar surface area (TPSA) is 64.9 Å². The van der Waals surface area contributed by atoms with Crippen LogP contribution in [-0.4, -0.2) is 11.9 Å². The number of anilines is 1. The molecule has 0 saturated heterocycles. The van der Waals surface area contributed by atoms with Crippen LogP contribution in [0.1, 0.15) is 25.0 Å². The molecule has 1 rings (SSSR count). The summed E-state index contributed by atoms with van der Waals surface area (Å²) in [4.78, 5) is 11.7. The van der Waals surface area contributed by atoms with Crippen LogP contribution in [0, 0.1) is 25.2 Å². The third-order valence-corrected chi connectivity index (χ3v) is 2.67. The largest absolute Gasteiger partial charge is 0.360 e. The van der Waals surface area contributed by atoms with Crippen LogP contribution in [0.4, 0.5) is 5.69 Å². The van der Waals surface area contributed by atoms with Gasteiger partial charge in [0.05, 0.1) is 0 Å². The number of benzene rings is 1. The summed E-state index contributed by atoms with van der Waals surface area (Å²) >= 11 is 0. The zero-order valence-electron chi connectivity index (χ0n) is 11.7. The van der Waals surface area contributed by atoms with E-state index in [0.717, 1.165) is 11.3 Å². The van der Waals surface area contributed by atoms with E-state index in [1.807, 2.05) is 52.0 Å². The van der Waals surface area contributed by atoms with Crippen molar-refractivity contribution in [3.63, 3.8) is 0 Å². The molecule has 0 aliphatic rings. The monoisotopic (exact) mass is 257 g/mol. The summed E-state index contributed by atoms with van der Waals surface area (Å²) in [6.07, 6.45) is 1.43. The van der Waals surface area contributed by atoms with E-state index in [4.69, 9.17) is 5.26 Å². The molecule has 0 aliphatic heterocycles. The van der Waals surface area contributed by atoms with Crippen molar-refractivity contribution >= 4 is 11.6 Å². The molecule has 0 unspecified atom stereocenters. The minimum absolute atomic E-state index is 0.00543. The standard InChI is InChI=1S/C15H19N3O/c1-10(2)18-15(19)13(8-16)9-17-14-6-5-11(3)12(4)7-14/h5-7,9-10,17H,1-4H3,(H,18,19)/b13-9-. The van der Waals surface area contributed by atoms with Crippen LogP contribution in [-0.2, 0) is 4.79 Å². The number of rotatable bonds is 4. The Morgan fingerprint density at radius 2 is 2.00 bits per heavy atom. The van der Waals surface area contributed by atoms with E-state index in [1.54, 1.807) is 0 Å². The highest BCUT2D eigenvalue weighted by Crippen LogP contribution is 2.14. The quantitative estimate of drug-likeness (QED) is 0.643. The lowest BCUT2D eigenvalue weighted by molar-refractivity contribution is -0.117. The predicted octanol–water partition coefficient (Wildman–Crippen LogP) is 2.65. The van der Waals surface area contributed by atoms with E-state index in [9.17, 15) is 4.79 Å². The molecule has 19 heavy (non-hydrogen) atoms. The molecular weight excluding hydrogens is 238 g/mol. The first-order valence-electron chi connectivity index (χ1n) is 6.19. The van der Waals surface area contributed by atoms with Gasteiger partial charge in [-0.25, -0.2) is 0 Å². The lowest BCUT2D eigenvalue weighted by atomic mass is 10.1. The van der Waals surface area contributed by atoms with Crippen LogP contribution in [0.2, 0.25) is 0 Å². The lowest BCUT2D eigenvalue weighted by Gasteiger charge is -2.08. The zero-order valence-corrected chi connectivity index (χ0v) is 11.7. The number of carbonyl (C=O) groups excluding carboxylic acids is 1. The fourth-order valence-electron chi connectivity index (χ4n) is 1.48. The molecular formula is C15H19N3O. The van der Waals surface area contributed by atoms with Crippen molar-refractivity contribution in [2.45, 2.75) is 33.7 Å². The number of hydrogen-bond acceptors (Lipinski definition) is 3. The Labute approximate surface area is 114 Å². The number of carbonyl (C=O) groups is 1. The first-order chi connectivity index (χ1) is 8.93. The van der Waals surface area contributed by atoms with Gasteiger partial charge in [0.1, 0.15) is 11.6 Å². The third-order valence-electron chi connectivity index (χ3n) is 2.67. The van der Waals surface area contributed by atoms with E-state index in [0.29, 0.717) is 0 Å². The summed E-state index contributed by atoms with van der Waals surface area (Å²) in [5.74, 6) is -0.367. The van der Waals surface area contributed by atoms with Crippen molar-refractivity contribution in [1.29, 1.82) is 5.26 Å². The zero-order chi connectivity index (χ0) is 14.4. The van der Waals surface area contributed by atoms with Crippen LogP contribution in [0.15, 0.2) is 30.0 Å². The fourth-order valence-corrected chi connectivity index (χ4v) is 1.48.